The Labute approximate surface area is 174 Å². The lowest BCUT2D eigenvalue weighted by Crippen LogP contribution is -2.21. The minimum absolute atomic E-state index is 0.0343. The van der Waals surface area contributed by atoms with Gasteiger partial charge in [-0.25, -0.2) is 9.59 Å². The molecule has 2 aromatic rings. The van der Waals surface area contributed by atoms with E-state index in [1.165, 1.54) is 26.4 Å². The van der Waals surface area contributed by atoms with Crippen LogP contribution in [0.3, 0.4) is 0 Å². The molecule has 0 amide bonds. The minimum atomic E-state index is -0.811. The molecular formula is C22H24O8. The summed E-state index contributed by atoms with van der Waals surface area (Å²) in [5.74, 6) is 1.41. The molecule has 1 aliphatic heterocycles. The zero-order valence-electron chi connectivity index (χ0n) is 17.3. The SMILES string of the molecule is COC(C)=CC(=O)OCC1OC1(Cc1cc(OC)cc(=O)o1)c1ccc(OC)cc1. The van der Waals surface area contributed by atoms with E-state index in [0.717, 1.165) is 5.56 Å². The smallest absolute Gasteiger partial charge is 0.339 e. The third-order valence-corrected chi connectivity index (χ3v) is 4.88. The summed E-state index contributed by atoms with van der Waals surface area (Å²) in [5, 5.41) is 0. The van der Waals surface area contributed by atoms with Crippen LogP contribution in [0.15, 0.2) is 57.4 Å². The zero-order chi connectivity index (χ0) is 21.7. The van der Waals surface area contributed by atoms with Gasteiger partial charge in [-0.2, -0.15) is 0 Å². The maximum absolute atomic E-state index is 11.9. The van der Waals surface area contributed by atoms with E-state index in [4.69, 9.17) is 28.1 Å². The fraction of sp³-hybridized carbons (Fsp3) is 0.364. The number of benzene rings is 1. The van der Waals surface area contributed by atoms with Gasteiger partial charge in [0.25, 0.3) is 0 Å². The number of carbonyl (C=O) groups excluding carboxylic acids is 1. The Balaban J connectivity index is 1.83. The van der Waals surface area contributed by atoms with E-state index in [1.54, 1.807) is 20.1 Å². The van der Waals surface area contributed by atoms with Crippen LogP contribution in [0.5, 0.6) is 11.5 Å². The molecule has 1 aromatic heterocycles. The van der Waals surface area contributed by atoms with Crippen LogP contribution in [0.1, 0.15) is 18.2 Å². The van der Waals surface area contributed by atoms with Crippen molar-refractivity contribution in [2.24, 2.45) is 0 Å². The number of hydrogen-bond acceptors (Lipinski definition) is 8. The van der Waals surface area contributed by atoms with Crippen LogP contribution in [0.4, 0.5) is 0 Å². The molecule has 3 rings (SSSR count). The standard InChI is InChI=1S/C22H24O8/c1-14(25-2)9-20(23)28-13-19-22(30-19,15-5-7-16(26-3)8-6-15)12-18-10-17(27-4)11-21(24)29-18/h5-11,19H,12-13H2,1-4H3. The fourth-order valence-electron chi connectivity index (χ4n) is 3.17. The lowest BCUT2D eigenvalue weighted by atomic mass is 9.91. The largest absolute Gasteiger partial charge is 0.501 e. The average molecular weight is 416 g/mol. The van der Waals surface area contributed by atoms with Crippen LogP contribution in [0.25, 0.3) is 0 Å². The molecule has 8 nitrogen and oxygen atoms in total. The van der Waals surface area contributed by atoms with Crippen LogP contribution < -0.4 is 15.1 Å². The monoisotopic (exact) mass is 416 g/mol. The fourth-order valence-corrected chi connectivity index (χ4v) is 3.17. The number of methoxy groups -OCH3 is 3. The second-order valence-electron chi connectivity index (χ2n) is 6.77. The molecule has 1 aliphatic rings. The molecule has 0 radical (unpaired) electrons. The lowest BCUT2D eigenvalue weighted by Gasteiger charge is -2.14. The van der Waals surface area contributed by atoms with E-state index in [2.05, 4.69) is 0 Å². The average Bonchev–Trinajstić information content (AvgIpc) is 3.45. The van der Waals surface area contributed by atoms with Crippen LogP contribution in [-0.4, -0.2) is 40.0 Å². The first-order valence-electron chi connectivity index (χ1n) is 9.29. The van der Waals surface area contributed by atoms with E-state index >= 15 is 0 Å². The summed E-state index contributed by atoms with van der Waals surface area (Å²) in [4.78, 5) is 23.8. The minimum Gasteiger partial charge on any atom is -0.501 e. The molecule has 1 saturated heterocycles. The molecule has 0 N–H and O–H groups in total. The first kappa shape index (κ1) is 21.4. The van der Waals surface area contributed by atoms with E-state index in [-0.39, 0.29) is 13.0 Å². The highest BCUT2D eigenvalue weighted by Gasteiger charge is 2.58. The number of ether oxygens (including phenoxy) is 5. The number of rotatable bonds is 9. The van der Waals surface area contributed by atoms with Crippen LogP contribution in [-0.2, 0) is 31.0 Å². The van der Waals surface area contributed by atoms with Crippen molar-refractivity contribution in [2.75, 3.05) is 27.9 Å². The molecule has 2 heterocycles. The maximum Gasteiger partial charge on any atom is 0.339 e. The third kappa shape index (κ3) is 4.83. The third-order valence-electron chi connectivity index (χ3n) is 4.88. The predicted molar refractivity (Wildman–Crippen MR) is 107 cm³/mol. The summed E-state index contributed by atoms with van der Waals surface area (Å²) in [6, 6.07) is 10.3. The van der Waals surface area contributed by atoms with Gasteiger partial charge in [0.05, 0.1) is 39.2 Å². The normalized spacial score (nSPS) is 20.4. The van der Waals surface area contributed by atoms with Gasteiger partial charge in [-0.05, 0) is 24.6 Å². The Morgan fingerprint density at radius 3 is 2.43 bits per heavy atom. The lowest BCUT2D eigenvalue weighted by molar-refractivity contribution is -0.138. The van der Waals surface area contributed by atoms with Crippen molar-refractivity contribution in [1.29, 1.82) is 0 Å². The Bertz CT molecular complexity index is 975. The van der Waals surface area contributed by atoms with E-state index in [1.807, 2.05) is 24.3 Å². The summed E-state index contributed by atoms with van der Waals surface area (Å²) in [7, 11) is 4.53. The number of epoxide rings is 1. The van der Waals surface area contributed by atoms with Crippen molar-refractivity contribution in [3.8, 4) is 11.5 Å². The van der Waals surface area contributed by atoms with Gasteiger partial charge in [-0.15, -0.1) is 0 Å². The topological polar surface area (TPSA) is 96.7 Å². The van der Waals surface area contributed by atoms with Gasteiger partial charge in [-0.3, -0.25) is 0 Å². The molecule has 160 valence electrons. The summed E-state index contributed by atoms with van der Waals surface area (Å²) in [5.41, 5.74) is -0.481. The summed E-state index contributed by atoms with van der Waals surface area (Å²) in [6.07, 6.45) is 1.11. The summed E-state index contributed by atoms with van der Waals surface area (Å²) >= 11 is 0. The van der Waals surface area contributed by atoms with Gasteiger partial charge in [0.1, 0.15) is 35.6 Å². The van der Waals surface area contributed by atoms with Crippen LogP contribution >= 0.6 is 0 Å². The number of allylic oxidation sites excluding steroid dienone is 1. The van der Waals surface area contributed by atoms with Crippen molar-refractivity contribution in [2.45, 2.75) is 25.0 Å². The molecule has 0 bridgehead atoms. The van der Waals surface area contributed by atoms with Gasteiger partial charge in [0.15, 0.2) is 0 Å². The Hall–Kier alpha value is -3.26. The highest BCUT2D eigenvalue weighted by atomic mass is 16.6. The van der Waals surface area contributed by atoms with Crippen molar-refractivity contribution >= 4 is 5.97 Å². The highest BCUT2D eigenvalue weighted by molar-refractivity contribution is 5.82. The zero-order valence-corrected chi connectivity index (χ0v) is 17.3. The van der Waals surface area contributed by atoms with E-state index < -0.39 is 23.3 Å². The number of carbonyl (C=O) groups is 1. The molecule has 8 heteroatoms. The maximum atomic E-state index is 11.9. The van der Waals surface area contributed by atoms with Gasteiger partial charge < -0.3 is 28.1 Å². The summed E-state index contributed by atoms with van der Waals surface area (Å²) < 4.78 is 31.9. The van der Waals surface area contributed by atoms with Gasteiger partial charge in [0, 0.05) is 12.5 Å². The molecule has 2 atom stereocenters. The molecule has 0 aliphatic carbocycles. The molecule has 2 unspecified atom stereocenters. The number of esters is 1. The second kappa shape index (κ2) is 9.04. The molecule has 0 saturated carbocycles. The van der Waals surface area contributed by atoms with Gasteiger partial charge >= 0.3 is 11.6 Å². The van der Waals surface area contributed by atoms with E-state index in [0.29, 0.717) is 23.0 Å². The molecule has 0 spiro atoms. The Kier molecular flexibility index (Phi) is 6.47. The van der Waals surface area contributed by atoms with Crippen molar-refractivity contribution in [3.05, 3.63) is 70.0 Å². The molecule has 1 aromatic carbocycles. The van der Waals surface area contributed by atoms with Gasteiger partial charge in [0.2, 0.25) is 0 Å². The van der Waals surface area contributed by atoms with Crippen LogP contribution in [0, 0.1) is 0 Å². The van der Waals surface area contributed by atoms with Crippen LogP contribution in [0.2, 0.25) is 0 Å². The quantitative estimate of drug-likeness (QED) is 0.266. The van der Waals surface area contributed by atoms with E-state index in [9.17, 15) is 9.59 Å². The highest BCUT2D eigenvalue weighted by Crippen LogP contribution is 2.49. The first-order valence-corrected chi connectivity index (χ1v) is 9.29. The van der Waals surface area contributed by atoms with Crippen molar-refractivity contribution in [3.63, 3.8) is 0 Å². The first-order chi connectivity index (χ1) is 14.4. The Morgan fingerprint density at radius 1 is 1.10 bits per heavy atom. The number of hydrogen-bond donors (Lipinski definition) is 0. The molecule has 1 fully saturated rings. The predicted octanol–water partition coefficient (Wildman–Crippen LogP) is 2.59. The second-order valence-corrected chi connectivity index (χ2v) is 6.77. The van der Waals surface area contributed by atoms with Crippen molar-refractivity contribution in [1.82, 2.24) is 0 Å². The summed E-state index contributed by atoms with van der Waals surface area (Å²) in [6.45, 7) is 1.69. The van der Waals surface area contributed by atoms with Crippen molar-refractivity contribution < 1.29 is 32.9 Å². The van der Waals surface area contributed by atoms with Gasteiger partial charge in [-0.1, -0.05) is 12.1 Å². The molecule has 30 heavy (non-hydrogen) atoms. The molecular weight excluding hydrogens is 392 g/mol. The Morgan fingerprint density at radius 2 is 1.80 bits per heavy atom.